The smallest absolute Gasteiger partial charge is 0.0166 e. The summed E-state index contributed by atoms with van der Waals surface area (Å²) >= 11 is 0. The lowest BCUT2D eigenvalue weighted by Crippen LogP contribution is -1.76. The summed E-state index contributed by atoms with van der Waals surface area (Å²) in [7, 11) is 0. The average Bonchev–Trinajstić information content (AvgIpc) is 2.18. The van der Waals surface area contributed by atoms with Crippen LogP contribution in [0.3, 0.4) is 0 Å². The number of allylic oxidation sites excluding steroid dienone is 6. The third-order valence-corrected chi connectivity index (χ3v) is 2.31. The molecule has 1 aliphatic carbocycles. The Bertz CT molecular complexity index is 184. The standard InChI is InChI=1S/C13H20/c1-2-4-6-8-10-12-13-11-9-7-5-3-1/h1-4,7,9H,5-6,8,10-13H2/b3-1-,4-2+,9-7+. The number of rotatable bonds is 0. The minimum atomic E-state index is 1.09. The summed E-state index contributed by atoms with van der Waals surface area (Å²) in [5.41, 5.74) is 0. The Hall–Kier alpha value is -0.780. The molecule has 13 heavy (non-hydrogen) atoms. The maximum absolute atomic E-state index is 2.31. The van der Waals surface area contributed by atoms with Crippen LogP contribution in [-0.2, 0) is 0 Å². The molecule has 0 fully saturated rings. The van der Waals surface area contributed by atoms with Crippen LogP contribution in [0.1, 0.15) is 44.9 Å². The van der Waals surface area contributed by atoms with Crippen LogP contribution in [0.4, 0.5) is 0 Å². The van der Waals surface area contributed by atoms with Crippen molar-refractivity contribution < 1.29 is 0 Å². The molecule has 0 aromatic carbocycles. The van der Waals surface area contributed by atoms with E-state index in [0.717, 1.165) is 6.42 Å². The zero-order valence-corrected chi connectivity index (χ0v) is 8.41. The molecule has 0 saturated heterocycles. The van der Waals surface area contributed by atoms with Gasteiger partial charge in [0.1, 0.15) is 0 Å². The van der Waals surface area contributed by atoms with Gasteiger partial charge >= 0.3 is 0 Å². The molecule has 0 heterocycles. The fraction of sp³-hybridized carbons (Fsp3) is 0.538. The fourth-order valence-corrected chi connectivity index (χ4v) is 1.50. The van der Waals surface area contributed by atoms with Crippen molar-refractivity contribution in [2.75, 3.05) is 0 Å². The molecule has 1 aliphatic rings. The summed E-state index contributed by atoms with van der Waals surface area (Å²) in [5.74, 6) is 0. The molecule has 0 amide bonds. The van der Waals surface area contributed by atoms with Crippen molar-refractivity contribution in [3.05, 3.63) is 36.5 Å². The second kappa shape index (κ2) is 7.85. The van der Waals surface area contributed by atoms with Crippen molar-refractivity contribution in [2.45, 2.75) is 44.9 Å². The highest BCUT2D eigenvalue weighted by Gasteiger charge is 1.87. The van der Waals surface area contributed by atoms with Gasteiger partial charge in [0.25, 0.3) is 0 Å². The molecule has 72 valence electrons. The first kappa shape index (κ1) is 10.3. The van der Waals surface area contributed by atoms with Gasteiger partial charge in [-0.1, -0.05) is 49.3 Å². The zero-order valence-electron chi connectivity index (χ0n) is 8.41. The Morgan fingerprint density at radius 3 is 2.08 bits per heavy atom. The van der Waals surface area contributed by atoms with Crippen molar-refractivity contribution in [2.24, 2.45) is 0 Å². The molecule has 0 atom stereocenters. The Labute approximate surface area is 82.0 Å². The van der Waals surface area contributed by atoms with Gasteiger partial charge in [-0.3, -0.25) is 0 Å². The zero-order chi connectivity index (χ0) is 9.19. The van der Waals surface area contributed by atoms with Gasteiger partial charge < -0.3 is 0 Å². The van der Waals surface area contributed by atoms with Crippen LogP contribution in [0.2, 0.25) is 0 Å². The molecule has 0 nitrogen and oxygen atoms in total. The summed E-state index contributed by atoms with van der Waals surface area (Å²) in [6.07, 6.45) is 22.5. The molecular formula is C13H20. The van der Waals surface area contributed by atoms with Crippen molar-refractivity contribution in [1.29, 1.82) is 0 Å². The first-order valence-electron chi connectivity index (χ1n) is 5.47. The van der Waals surface area contributed by atoms with E-state index in [1.54, 1.807) is 0 Å². The normalized spacial score (nSPS) is 27.7. The molecule has 0 aliphatic heterocycles. The SMILES string of the molecule is C1=C\C/C=C/CCCCCC/C=C/1. The van der Waals surface area contributed by atoms with Crippen molar-refractivity contribution in [1.82, 2.24) is 0 Å². The van der Waals surface area contributed by atoms with E-state index >= 15 is 0 Å². The fourth-order valence-electron chi connectivity index (χ4n) is 1.50. The Morgan fingerprint density at radius 2 is 1.23 bits per heavy atom. The molecule has 0 aromatic rings. The van der Waals surface area contributed by atoms with E-state index in [1.807, 2.05) is 0 Å². The van der Waals surface area contributed by atoms with Crippen LogP contribution in [0.25, 0.3) is 0 Å². The maximum Gasteiger partial charge on any atom is -0.0166 e. The lowest BCUT2D eigenvalue weighted by molar-refractivity contribution is 0.652. The lowest BCUT2D eigenvalue weighted by Gasteiger charge is -1.95. The van der Waals surface area contributed by atoms with Crippen LogP contribution in [0.15, 0.2) is 36.5 Å². The maximum atomic E-state index is 2.31. The first-order chi connectivity index (χ1) is 6.50. The van der Waals surface area contributed by atoms with Crippen molar-refractivity contribution >= 4 is 0 Å². The van der Waals surface area contributed by atoms with Gasteiger partial charge in [-0.2, -0.15) is 0 Å². The Balaban J connectivity index is 2.29. The average molecular weight is 176 g/mol. The molecule has 0 heteroatoms. The second-order valence-corrected chi connectivity index (χ2v) is 3.55. The third kappa shape index (κ3) is 6.39. The third-order valence-electron chi connectivity index (χ3n) is 2.31. The predicted octanol–water partition coefficient (Wildman–Crippen LogP) is 4.40. The van der Waals surface area contributed by atoms with E-state index in [2.05, 4.69) is 36.5 Å². The molecule has 0 saturated carbocycles. The summed E-state index contributed by atoms with van der Waals surface area (Å²) in [5, 5.41) is 0. The molecule has 0 radical (unpaired) electrons. The van der Waals surface area contributed by atoms with Crippen LogP contribution in [0.5, 0.6) is 0 Å². The lowest BCUT2D eigenvalue weighted by atomic mass is 10.1. The number of hydrogen-bond donors (Lipinski definition) is 0. The highest BCUT2D eigenvalue weighted by atomic mass is 13.9. The van der Waals surface area contributed by atoms with Crippen LogP contribution >= 0.6 is 0 Å². The molecule has 0 N–H and O–H groups in total. The molecule has 1 rings (SSSR count). The molecule has 0 unspecified atom stereocenters. The second-order valence-electron chi connectivity index (χ2n) is 3.55. The van der Waals surface area contributed by atoms with Gasteiger partial charge in [0.05, 0.1) is 0 Å². The topological polar surface area (TPSA) is 0 Å². The minimum absolute atomic E-state index is 1.09. The highest BCUT2D eigenvalue weighted by molar-refractivity contribution is 5.04. The molecular weight excluding hydrogens is 156 g/mol. The molecule has 0 spiro atoms. The van der Waals surface area contributed by atoms with E-state index in [9.17, 15) is 0 Å². The predicted molar refractivity (Wildman–Crippen MR) is 59.7 cm³/mol. The summed E-state index contributed by atoms with van der Waals surface area (Å²) in [6, 6.07) is 0. The van der Waals surface area contributed by atoms with Crippen molar-refractivity contribution in [3.8, 4) is 0 Å². The largest absolute Gasteiger partial charge is 0.0882 e. The molecule has 0 bridgehead atoms. The minimum Gasteiger partial charge on any atom is -0.0882 e. The van der Waals surface area contributed by atoms with E-state index < -0.39 is 0 Å². The highest BCUT2D eigenvalue weighted by Crippen LogP contribution is 2.07. The monoisotopic (exact) mass is 176 g/mol. The van der Waals surface area contributed by atoms with E-state index in [1.165, 1.54) is 38.5 Å². The van der Waals surface area contributed by atoms with E-state index in [-0.39, 0.29) is 0 Å². The van der Waals surface area contributed by atoms with Gasteiger partial charge in [-0.25, -0.2) is 0 Å². The summed E-state index contributed by atoms with van der Waals surface area (Å²) in [6.45, 7) is 0. The number of hydrogen-bond acceptors (Lipinski definition) is 0. The van der Waals surface area contributed by atoms with Gasteiger partial charge in [-0.15, -0.1) is 0 Å². The van der Waals surface area contributed by atoms with Crippen LogP contribution in [-0.4, -0.2) is 0 Å². The first-order valence-corrected chi connectivity index (χ1v) is 5.47. The van der Waals surface area contributed by atoms with E-state index in [4.69, 9.17) is 0 Å². The van der Waals surface area contributed by atoms with Gasteiger partial charge in [0.2, 0.25) is 0 Å². The summed E-state index contributed by atoms with van der Waals surface area (Å²) in [4.78, 5) is 0. The van der Waals surface area contributed by atoms with Gasteiger partial charge in [0.15, 0.2) is 0 Å². The summed E-state index contributed by atoms with van der Waals surface area (Å²) < 4.78 is 0. The Kier molecular flexibility index (Phi) is 6.22. The van der Waals surface area contributed by atoms with Crippen LogP contribution in [0, 0.1) is 0 Å². The van der Waals surface area contributed by atoms with Crippen molar-refractivity contribution in [3.63, 3.8) is 0 Å². The van der Waals surface area contributed by atoms with Crippen LogP contribution < -0.4 is 0 Å². The molecule has 0 aromatic heterocycles. The van der Waals surface area contributed by atoms with Gasteiger partial charge in [-0.05, 0) is 32.1 Å². The van der Waals surface area contributed by atoms with Gasteiger partial charge in [0, 0.05) is 0 Å². The quantitative estimate of drug-likeness (QED) is 0.480. The Morgan fingerprint density at radius 1 is 0.538 bits per heavy atom. The van der Waals surface area contributed by atoms with E-state index in [0.29, 0.717) is 0 Å².